The minimum absolute atomic E-state index is 0.117. The fourth-order valence-corrected chi connectivity index (χ4v) is 1.84. The van der Waals surface area contributed by atoms with Gasteiger partial charge in [-0.3, -0.25) is 4.79 Å². The lowest BCUT2D eigenvalue weighted by Gasteiger charge is -2.18. The van der Waals surface area contributed by atoms with E-state index >= 15 is 0 Å². The van der Waals surface area contributed by atoms with E-state index in [1.54, 1.807) is 13.8 Å². The van der Waals surface area contributed by atoms with E-state index < -0.39 is 11.5 Å². The first-order chi connectivity index (χ1) is 7.29. The van der Waals surface area contributed by atoms with Crippen LogP contribution in [0.25, 0.3) is 0 Å². The zero-order valence-corrected chi connectivity index (χ0v) is 9.87. The molecule has 0 unspecified atom stereocenters. The molecule has 3 N–H and O–H groups in total. The van der Waals surface area contributed by atoms with E-state index in [9.17, 15) is 9.59 Å². The lowest BCUT2D eigenvalue weighted by molar-refractivity contribution is 0.0693. The second-order valence-electron chi connectivity index (χ2n) is 4.07. The number of carbonyl (C=O) groups is 1. The fraction of sp³-hybridized carbons (Fsp3) is 0.455. The molecule has 88 valence electrons. The standard InChI is InChI=1S/C11H16N2O3/c1-5(2)13-7(4)9(12)6(3)8(10(13)14)11(15)16/h5H,12H2,1-4H3,(H,15,16). The SMILES string of the molecule is Cc1c(N)c(C)n(C(C)C)c(=O)c1C(=O)O. The van der Waals surface area contributed by atoms with Gasteiger partial charge in [-0.2, -0.15) is 0 Å². The predicted molar refractivity (Wildman–Crippen MR) is 61.9 cm³/mol. The molecule has 0 saturated heterocycles. The third kappa shape index (κ3) is 1.68. The van der Waals surface area contributed by atoms with Gasteiger partial charge in [0.25, 0.3) is 5.56 Å². The van der Waals surface area contributed by atoms with E-state index in [0.717, 1.165) is 0 Å². The van der Waals surface area contributed by atoms with Crippen LogP contribution in [-0.4, -0.2) is 15.6 Å². The summed E-state index contributed by atoms with van der Waals surface area (Å²) >= 11 is 0. The second kappa shape index (κ2) is 4.00. The number of hydrogen-bond donors (Lipinski definition) is 2. The Bertz CT molecular complexity index is 501. The molecule has 5 heteroatoms. The molecule has 0 fully saturated rings. The average molecular weight is 224 g/mol. The van der Waals surface area contributed by atoms with Gasteiger partial charge in [0.15, 0.2) is 0 Å². The van der Waals surface area contributed by atoms with E-state index in [4.69, 9.17) is 10.8 Å². The number of rotatable bonds is 2. The molecule has 1 aromatic heterocycles. The molecular weight excluding hydrogens is 208 g/mol. The normalized spacial score (nSPS) is 10.8. The molecule has 1 rings (SSSR count). The van der Waals surface area contributed by atoms with Gasteiger partial charge in [-0.05, 0) is 33.3 Å². The fourth-order valence-electron chi connectivity index (χ4n) is 1.84. The van der Waals surface area contributed by atoms with Gasteiger partial charge in [-0.25, -0.2) is 4.79 Å². The topological polar surface area (TPSA) is 85.3 Å². The molecule has 0 bridgehead atoms. The Kier molecular flexibility index (Phi) is 3.07. The van der Waals surface area contributed by atoms with Crippen molar-refractivity contribution in [3.63, 3.8) is 0 Å². The third-order valence-corrected chi connectivity index (χ3v) is 2.69. The molecule has 0 radical (unpaired) electrons. The average Bonchev–Trinajstić information content (AvgIpc) is 2.13. The summed E-state index contributed by atoms with van der Waals surface area (Å²) in [6.45, 7) is 6.90. The Labute approximate surface area is 93.5 Å². The number of hydrogen-bond acceptors (Lipinski definition) is 3. The van der Waals surface area contributed by atoms with E-state index in [1.165, 1.54) is 4.57 Å². The predicted octanol–water partition coefficient (Wildman–Crippen LogP) is 1.33. The summed E-state index contributed by atoms with van der Waals surface area (Å²) < 4.78 is 1.41. The summed E-state index contributed by atoms with van der Waals surface area (Å²) in [4.78, 5) is 23.0. The highest BCUT2D eigenvalue weighted by Crippen LogP contribution is 2.19. The Morgan fingerprint density at radius 2 is 1.88 bits per heavy atom. The Morgan fingerprint density at radius 1 is 1.38 bits per heavy atom. The second-order valence-corrected chi connectivity index (χ2v) is 4.07. The van der Waals surface area contributed by atoms with Crippen LogP contribution in [0.4, 0.5) is 5.69 Å². The number of nitrogens with zero attached hydrogens (tertiary/aromatic N) is 1. The summed E-state index contributed by atoms with van der Waals surface area (Å²) in [5.74, 6) is -1.23. The van der Waals surface area contributed by atoms with Gasteiger partial charge >= 0.3 is 5.97 Å². The molecular formula is C11H16N2O3. The number of nitrogens with two attached hydrogens (primary N) is 1. The van der Waals surface area contributed by atoms with E-state index in [1.807, 2.05) is 13.8 Å². The molecule has 1 aromatic rings. The van der Waals surface area contributed by atoms with Crippen molar-refractivity contribution in [2.75, 3.05) is 5.73 Å². The number of aromatic carboxylic acids is 1. The first-order valence-corrected chi connectivity index (χ1v) is 5.03. The summed E-state index contributed by atoms with van der Waals surface area (Å²) in [7, 11) is 0. The van der Waals surface area contributed by atoms with Crippen molar-refractivity contribution >= 4 is 11.7 Å². The van der Waals surface area contributed by atoms with Crippen LogP contribution in [-0.2, 0) is 0 Å². The quantitative estimate of drug-likeness (QED) is 0.793. The highest BCUT2D eigenvalue weighted by Gasteiger charge is 2.20. The maximum atomic E-state index is 12.0. The highest BCUT2D eigenvalue weighted by molar-refractivity contribution is 5.90. The van der Waals surface area contributed by atoms with Crippen LogP contribution in [0.2, 0.25) is 0 Å². The van der Waals surface area contributed by atoms with Crippen LogP contribution in [0.3, 0.4) is 0 Å². The molecule has 0 spiro atoms. The summed E-state index contributed by atoms with van der Waals surface area (Å²) in [5, 5.41) is 9.00. The van der Waals surface area contributed by atoms with Crippen LogP contribution in [0.1, 0.15) is 41.5 Å². The van der Waals surface area contributed by atoms with E-state index in [-0.39, 0.29) is 11.6 Å². The van der Waals surface area contributed by atoms with Gasteiger partial charge in [0.2, 0.25) is 0 Å². The Balaban J connectivity index is 3.81. The van der Waals surface area contributed by atoms with Gasteiger partial charge in [0.1, 0.15) is 5.56 Å². The summed E-state index contributed by atoms with van der Waals surface area (Å²) in [6, 6.07) is -0.117. The number of aromatic nitrogens is 1. The van der Waals surface area contributed by atoms with Crippen molar-refractivity contribution in [3.05, 3.63) is 27.2 Å². The zero-order valence-electron chi connectivity index (χ0n) is 9.87. The molecule has 0 aliphatic heterocycles. The zero-order chi connectivity index (χ0) is 12.6. The molecule has 0 aliphatic carbocycles. The van der Waals surface area contributed by atoms with Crippen molar-refractivity contribution in [2.24, 2.45) is 0 Å². The molecule has 0 aromatic carbocycles. The Morgan fingerprint density at radius 3 is 2.25 bits per heavy atom. The van der Waals surface area contributed by atoms with Crippen molar-refractivity contribution in [2.45, 2.75) is 33.7 Å². The van der Waals surface area contributed by atoms with Gasteiger partial charge in [-0.1, -0.05) is 0 Å². The molecule has 16 heavy (non-hydrogen) atoms. The molecule has 1 heterocycles. The minimum Gasteiger partial charge on any atom is -0.477 e. The first kappa shape index (κ1) is 12.3. The number of pyridine rings is 1. The number of anilines is 1. The van der Waals surface area contributed by atoms with Gasteiger partial charge in [0.05, 0.1) is 5.69 Å². The van der Waals surface area contributed by atoms with Crippen molar-refractivity contribution in [1.29, 1.82) is 0 Å². The van der Waals surface area contributed by atoms with Crippen LogP contribution < -0.4 is 11.3 Å². The highest BCUT2D eigenvalue weighted by atomic mass is 16.4. The summed E-state index contributed by atoms with van der Waals surface area (Å²) in [5.41, 5.74) is 6.39. The van der Waals surface area contributed by atoms with Gasteiger partial charge < -0.3 is 15.4 Å². The first-order valence-electron chi connectivity index (χ1n) is 5.03. The number of nitrogen functional groups attached to an aromatic ring is 1. The van der Waals surface area contributed by atoms with Crippen molar-refractivity contribution in [3.8, 4) is 0 Å². The molecule has 5 nitrogen and oxygen atoms in total. The number of carboxylic acid groups (broad SMARTS) is 1. The van der Waals surface area contributed by atoms with Crippen LogP contribution in [0, 0.1) is 13.8 Å². The smallest absolute Gasteiger partial charge is 0.341 e. The Hall–Kier alpha value is -1.78. The van der Waals surface area contributed by atoms with Crippen LogP contribution in [0.15, 0.2) is 4.79 Å². The molecule has 0 amide bonds. The van der Waals surface area contributed by atoms with E-state index in [2.05, 4.69) is 0 Å². The van der Waals surface area contributed by atoms with Crippen molar-refractivity contribution < 1.29 is 9.90 Å². The molecule has 0 saturated carbocycles. The molecule has 0 aliphatic rings. The minimum atomic E-state index is -1.23. The lowest BCUT2D eigenvalue weighted by Crippen LogP contribution is -2.31. The van der Waals surface area contributed by atoms with Crippen molar-refractivity contribution in [1.82, 2.24) is 4.57 Å². The molecule has 0 atom stereocenters. The number of carboxylic acids is 1. The van der Waals surface area contributed by atoms with Crippen LogP contribution in [0.5, 0.6) is 0 Å². The summed E-state index contributed by atoms with van der Waals surface area (Å²) in [6.07, 6.45) is 0. The van der Waals surface area contributed by atoms with Gasteiger partial charge in [0, 0.05) is 11.7 Å². The largest absolute Gasteiger partial charge is 0.477 e. The maximum absolute atomic E-state index is 12.0. The lowest BCUT2D eigenvalue weighted by atomic mass is 10.1. The van der Waals surface area contributed by atoms with Crippen LogP contribution >= 0.6 is 0 Å². The maximum Gasteiger partial charge on any atom is 0.341 e. The monoisotopic (exact) mass is 224 g/mol. The van der Waals surface area contributed by atoms with Gasteiger partial charge in [-0.15, -0.1) is 0 Å². The van der Waals surface area contributed by atoms with E-state index in [0.29, 0.717) is 16.9 Å². The third-order valence-electron chi connectivity index (χ3n) is 2.69.